The number of alkyl halides is 1. The van der Waals surface area contributed by atoms with Gasteiger partial charge in [0.2, 0.25) is 0 Å². The van der Waals surface area contributed by atoms with Crippen molar-refractivity contribution in [3.05, 3.63) is 29.8 Å². The average Bonchev–Trinajstić information content (AvgIpc) is 2.17. The first kappa shape index (κ1) is 12.4. The molecular weight excluding hydrogens is 215 g/mol. The van der Waals surface area contributed by atoms with E-state index in [-0.39, 0.29) is 11.2 Å². The normalized spacial score (nSPS) is 12.7. The molecule has 0 amide bonds. The monoisotopic (exact) mass is 230 g/mol. The molecule has 1 aromatic rings. The molecule has 0 aliphatic carbocycles. The van der Waals surface area contributed by atoms with E-state index in [4.69, 9.17) is 11.6 Å². The molecule has 1 atom stereocenters. The fourth-order valence-corrected chi connectivity index (χ4v) is 1.45. The highest BCUT2D eigenvalue weighted by atomic mass is 35.5. The molecule has 1 aromatic heterocycles. The van der Waals surface area contributed by atoms with Crippen molar-refractivity contribution in [3.63, 3.8) is 0 Å². The zero-order valence-corrected chi connectivity index (χ0v) is 9.60. The van der Waals surface area contributed by atoms with Crippen LogP contribution in [0.25, 0.3) is 0 Å². The highest BCUT2D eigenvalue weighted by molar-refractivity contribution is 6.20. The van der Waals surface area contributed by atoms with Crippen LogP contribution in [0.2, 0.25) is 0 Å². The Bertz CT molecular complexity index is 292. The van der Waals surface area contributed by atoms with E-state index in [9.17, 15) is 4.39 Å². The van der Waals surface area contributed by atoms with Gasteiger partial charge in [-0.05, 0) is 37.9 Å². The van der Waals surface area contributed by atoms with Crippen molar-refractivity contribution >= 4 is 11.6 Å². The van der Waals surface area contributed by atoms with Crippen LogP contribution in [0.4, 0.5) is 4.39 Å². The molecule has 0 bridgehead atoms. The van der Waals surface area contributed by atoms with E-state index in [1.165, 1.54) is 12.3 Å². The maximum atomic E-state index is 12.7. The molecule has 2 nitrogen and oxygen atoms in total. The van der Waals surface area contributed by atoms with Crippen LogP contribution in [0.3, 0.4) is 0 Å². The molecule has 4 heteroatoms. The molecule has 0 saturated carbocycles. The summed E-state index contributed by atoms with van der Waals surface area (Å²) in [5.41, 5.74) is 0.869. The van der Waals surface area contributed by atoms with E-state index in [0.717, 1.165) is 24.9 Å². The molecular formula is C11H16ClFN2. The summed E-state index contributed by atoms with van der Waals surface area (Å²) in [6.07, 6.45) is 4.91. The van der Waals surface area contributed by atoms with Gasteiger partial charge in [0, 0.05) is 18.1 Å². The second-order valence-electron chi connectivity index (χ2n) is 3.61. The summed E-state index contributed by atoms with van der Waals surface area (Å²) in [5, 5.41) is 3.44. The fraction of sp³-hybridized carbons (Fsp3) is 0.545. The van der Waals surface area contributed by atoms with E-state index < -0.39 is 0 Å². The van der Waals surface area contributed by atoms with Crippen molar-refractivity contribution in [2.24, 2.45) is 0 Å². The number of halogens is 2. The lowest BCUT2D eigenvalue weighted by molar-refractivity contribution is 0.601. The maximum absolute atomic E-state index is 12.7. The second kappa shape index (κ2) is 6.75. The molecule has 15 heavy (non-hydrogen) atoms. The molecule has 84 valence electrons. The molecule has 1 heterocycles. The van der Waals surface area contributed by atoms with Crippen LogP contribution < -0.4 is 5.32 Å². The molecule has 0 saturated heterocycles. The zero-order chi connectivity index (χ0) is 11.1. The van der Waals surface area contributed by atoms with Crippen LogP contribution in [-0.2, 0) is 6.54 Å². The standard InChI is InChI=1S/C11H16ClFN2/c1-9(12)3-2-4-14-6-10-5-11(13)8-15-7-10/h5,7-9,14H,2-4,6H2,1H3. The summed E-state index contributed by atoms with van der Waals surface area (Å²) in [5.74, 6) is -0.288. The van der Waals surface area contributed by atoms with Gasteiger partial charge >= 0.3 is 0 Å². The molecule has 1 rings (SSSR count). The van der Waals surface area contributed by atoms with Crippen LogP contribution in [-0.4, -0.2) is 16.9 Å². The van der Waals surface area contributed by atoms with E-state index >= 15 is 0 Å². The third-order valence-corrected chi connectivity index (χ3v) is 2.26. The van der Waals surface area contributed by atoms with Crippen molar-refractivity contribution in [2.75, 3.05) is 6.54 Å². The molecule has 0 radical (unpaired) electrons. The summed E-state index contributed by atoms with van der Waals surface area (Å²) in [6, 6.07) is 1.49. The largest absolute Gasteiger partial charge is 0.313 e. The molecule has 0 spiro atoms. The average molecular weight is 231 g/mol. The molecule has 1 N–H and O–H groups in total. The van der Waals surface area contributed by atoms with Crippen LogP contribution in [0.1, 0.15) is 25.3 Å². The number of rotatable bonds is 6. The number of hydrogen-bond acceptors (Lipinski definition) is 2. The van der Waals surface area contributed by atoms with Gasteiger partial charge in [-0.25, -0.2) is 4.39 Å². The third-order valence-electron chi connectivity index (χ3n) is 2.05. The Labute approximate surface area is 94.9 Å². The van der Waals surface area contributed by atoms with Crippen LogP contribution >= 0.6 is 11.6 Å². The first-order chi connectivity index (χ1) is 7.18. The minimum Gasteiger partial charge on any atom is -0.313 e. The highest BCUT2D eigenvalue weighted by Gasteiger charge is 1.97. The topological polar surface area (TPSA) is 24.9 Å². The lowest BCUT2D eigenvalue weighted by Crippen LogP contribution is -2.15. The Morgan fingerprint density at radius 1 is 1.53 bits per heavy atom. The highest BCUT2D eigenvalue weighted by Crippen LogP contribution is 2.03. The predicted octanol–water partition coefficient (Wildman–Crippen LogP) is 2.72. The summed E-state index contributed by atoms with van der Waals surface area (Å²) in [7, 11) is 0. The van der Waals surface area contributed by atoms with Gasteiger partial charge in [-0.15, -0.1) is 11.6 Å². The summed E-state index contributed by atoms with van der Waals surface area (Å²) in [4.78, 5) is 3.78. The first-order valence-electron chi connectivity index (χ1n) is 5.12. The zero-order valence-electron chi connectivity index (χ0n) is 8.84. The van der Waals surface area contributed by atoms with Crippen LogP contribution in [0.15, 0.2) is 18.5 Å². The maximum Gasteiger partial charge on any atom is 0.141 e. The lowest BCUT2D eigenvalue weighted by atomic mass is 10.2. The Morgan fingerprint density at radius 3 is 3.00 bits per heavy atom. The van der Waals surface area contributed by atoms with Gasteiger partial charge in [0.15, 0.2) is 0 Å². The smallest absolute Gasteiger partial charge is 0.141 e. The van der Waals surface area contributed by atoms with Gasteiger partial charge in [0.1, 0.15) is 5.82 Å². The molecule has 0 fully saturated rings. The Morgan fingerprint density at radius 2 is 2.33 bits per heavy atom. The van der Waals surface area contributed by atoms with Gasteiger partial charge in [-0.2, -0.15) is 0 Å². The quantitative estimate of drug-likeness (QED) is 0.601. The second-order valence-corrected chi connectivity index (χ2v) is 4.36. The van der Waals surface area contributed by atoms with Crippen molar-refractivity contribution in [2.45, 2.75) is 31.7 Å². The van der Waals surface area contributed by atoms with Gasteiger partial charge in [0.25, 0.3) is 0 Å². The van der Waals surface area contributed by atoms with E-state index in [1.54, 1.807) is 6.20 Å². The minimum atomic E-state index is -0.288. The van der Waals surface area contributed by atoms with Crippen LogP contribution in [0.5, 0.6) is 0 Å². The summed E-state index contributed by atoms with van der Waals surface area (Å²) in [6.45, 7) is 3.53. The Kier molecular flexibility index (Phi) is 5.58. The van der Waals surface area contributed by atoms with E-state index in [2.05, 4.69) is 10.3 Å². The molecule has 1 unspecified atom stereocenters. The number of aromatic nitrogens is 1. The minimum absolute atomic E-state index is 0.225. The molecule has 0 aliphatic rings. The SMILES string of the molecule is CC(Cl)CCCNCc1cncc(F)c1. The van der Waals surface area contributed by atoms with Gasteiger partial charge in [-0.3, -0.25) is 4.98 Å². The number of nitrogens with zero attached hydrogens (tertiary/aromatic N) is 1. The summed E-state index contributed by atoms with van der Waals surface area (Å²) >= 11 is 5.81. The van der Waals surface area contributed by atoms with Crippen molar-refractivity contribution in [3.8, 4) is 0 Å². The van der Waals surface area contributed by atoms with Crippen molar-refractivity contribution in [1.29, 1.82) is 0 Å². The van der Waals surface area contributed by atoms with Crippen molar-refractivity contribution in [1.82, 2.24) is 10.3 Å². The van der Waals surface area contributed by atoms with E-state index in [1.807, 2.05) is 6.92 Å². The third kappa shape index (κ3) is 5.70. The fourth-order valence-electron chi connectivity index (χ4n) is 1.29. The predicted molar refractivity (Wildman–Crippen MR) is 60.5 cm³/mol. The van der Waals surface area contributed by atoms with Gasteiger partial charge in [0.05, 0.1) is 6.20 Å². The van der Waals surface area contributed by atoms with Crippen LogP contribution in [0, 0.1) is 5.82 Å². The van der Waals surface area contributed by atoms with Gasteiger partial charge in [-0.1, -0.05) is 0 Å². The molecule has 0 aromatic carbocycles. The summed E-state index contributed by atoms with van der Waals surface area (Å²) < 4.78 is 12.7. The lowest BCUT2D eigenvalue weighted by Gasteiger charge is -2.05. The Balaban J connectivity index is 2.15. The van der Waals surface area contributed by atoms with Crippen molar-refractivity contribution < 1.29 is 4.39 Å². The van der Waals surface area contributed by atoms with Gasteiger partial charge < -0.3 is 5.32 Å². The van der Waals surface area contributed by atoms with E-state index in [0.29, 0.717) is 6.54 Å². The first-order valence-corrected chi connectivity index (χ1v) is 5.56. The number of hydrogen-bond donors (Lipinski definition) is 1. The number of nitrogens with one attached hydrogen (secondary N) is 1. The molecule has 0 aliphatic heterocycles. The number of pyridine rings is 1. The Hall–Kier alpha value is -0.670.